The monoisotopic (exact) mass is 325 g/mol. The minimum absolute atomic E-state index is 0.167. The van der Waals surface area contributed by atoms with Crippen molar-refractivity contribution in [3.05, 3.63) is 30.5 Å². The van der Waals surface area contributed by atoms with Crippen LogP contribution in [0.2, 0.25) is 0 Å². The Morgan fingerprint density at radius 2 is 2.00 bits per heavy atom. The number of imide groups is 1. The molecule has 1 aromatic carbocycles. The van der Waals surface area contributed by atoms with E-state index in [4.69, 9.17) is 0 Å². The van der Waals surface area contributed by atoms with Gasteiger partial charge in [-0.25, -0.2) is 0 Å². The zero-order chi connectivity index (χ0) is 16.7. The lowest BCUT2D eigenvalue weighted by Gasteiger charge is -2.20. The number of amides is 3. The van der Waals surface area contributed by atoms with Gasteiger partial charge >= 0.3 is 0 Å². The number of fused-ring (bicyclic) bond motifs is 1. The molecule has 1 aliphatic carbocycles. The summed E-state index contributed by atoms with van der Waals surface area (Å²) in [4.78, 5) is 41.4. The number of rotatable bonds is 3. The molecule has 124 valence electrons. The van der Waals surface area contributed by atoms with Crippen molar-refractivity contribution < 1.29 is 14.4 Å². The molecule has 2 aromatic rings. The first kappa shape index (κ1) is 14.9. The van der Waals surface area contributed by atoms with Crippen LogP contribution in [0, 0.1) is 5.41 Å². The Labute approximate surface area is 139 Å². The highest BCUT2D eigenvalue weighted by atomic mass is 16.2. The molecular formula is C18H19N3O3. The van der Waals surface area contributed by atoms with E-state index >= 15 is 0 Å². The van der Waals surface area contributed by atoms with Gasteiger partial charge in [-0.3, -0.25) is 19.3 Å². The molecule has 24 heavy (non-hydrogen) atoms. The van der Waals surface area contributed by atoms with E-state index in [2.05, 4.69) is 10.3 Å². The van der Waals surface area contributed by atoms with Gasteiger partial charge in [0.05, 0.1) is 11.1 Å². The van der Waals surface area contributed by atoms with Gasteiger partial charge in [0.2, 0.25) is 17.7 Å². The summed E-state index contributed by atoms with van der Waals surface area (Å²) in [6.45, 7) is -0.208. The standard InChI is InChI=1S/C18H19N3O3/c22-15(20-14-5-3-4-13-12(14)6-9-19-13)11-21-16(23)10-18(17(21)24)7-1-2-8-18/h3-6,9,19H,1-2,7-8,10-11H2,(H,20,22). The summed E-state index contributed by atoms with van der Waals surface area (Å²) in [5.41, 5.74) is 1.07. The van der Waals surface area contributed by atoms with Crippen molar-refractivity contribution in [1.82, 2.24) is 9.88 Å². The number of nitrogens with zero attached hydrogens (tertiary/aromatic N) is 1. The maximum absolute atomic E-state index is 12.6. The van der Waals surface area contributed by atoms with Crippen molar-refractivity contribution in [3.63, 3.8) is 0 Å². The number of hydrogen-bond acceptors (Lipinski definition) is 3. The molecule has 6 heteroatoms. The SMILES string of the molecule is O=C(CN1C(=O)CC2(CCCC2)C1=O)Nc1cccc2[nH]ccc12. The molecule has 2 fully saturated rings. The minimum atomic E-state index is -0.530. The van der Waals surface area contributed by atoms with Crippen molar-refractivity contribution in [2.24, 2.45) is 5.41 Å². The minimum Gasteiger partial charge on any atom is -0.361 e. The molecule has 1 aliphatic heterocycles. The highest BCUT2D eigenvalue weighted by molar-refractivity contribution is 6.10. The Kier molecular flexibility index (Phi) is 3.40. The van der Waals surface area contributed by atoms with Crippen molar-refractivity contribution in [2.75, 3.05) is 11.9 Å². The molecule has 3 amide bonds. The highest BCUT2D eigenvalue weighted by Gasteiger charge is 2.52. The lowest BCUT2D eigenvalue weighted by Crippen LogP contribution is -2.39. The molecule has 0 bridgehead atoms. The van der Waals surface area contributed by atoms with Crippen molar-refractivity contribution in [2.45, 2.75) is 32.1 Å². The number of carbonyl (C=O) groups is 3. The summed E-state index contributed by atoms with van der Waals surface area (Å²) >= 11 is 0. The lowest BCUT2D eigenvalue weighted by atomic mass is 9.84. The van der Waals surface area contributed by atoms with Crippen LogP contribution in [0.4, 0.5) is 5.69 Å². The van der Waals surface area contributed by atoms with Gasteiger partial charge in [-0.2, -0.15) is 0 Å². The molecule has 0 radical (unpaired) electrons. The second kappa shape index (κ2) is 5.47. The third-order valence-electron chi connectivity index (χ3n) is 5.22. The molecule has 1 spiro atoms. The van der Waals surface area contributed by atoms with Crippen LogP contribution in [-0.4, -0.2) is 34.2 Å². The Bertz CT molecular complexity index is 833. The van der Waals surface area contributed by atoms with Crippen LogP contribution in [0.5, 0.6) is 0 Å². The summed E-state index contributed by atoms with van der Waals surface area (Å²) in [5, 5.41) is 3.71. The summed E-state index contributed by atoms with van der Waals surface area (Å²) in [6, 6.07) is 7.45. The van der Waals surface area contributed by atoms with Crippen molar-refractivity contribution in [3.8, 4) is 0 Å². The van der Waals surface area contributed by atoms with E-state index in [1.165, 1.54) is 0 Å². The second-order valence-corrected chi connectivity index (χ2v) is 6.74. The predicted molar refractivity (Wildman–Crippen MR) is 89.2 cm³/mol. The number of H-pyrrole nitrogens is 1. The number of carbonyl (C=O) groups excluding carboxylic acids is 3. The van der Waals surface area contributed by atoms with E-state index in [0.29, 0.717) is 5.69 Å². The maximum atomic E-state index is 12.6. The first-order valence-electron chi connectivity index (χ1n) is 8.30. The smallest absolute Gasteiger partial charge is 0.244 e. The van der Waals surface area contributed by atoms with Crippen LogP contribution in [0.1, 0.15) is 32.1 Å². The number of nitrogens with one attached hydrogen (secondary N) is 2. The third-order valence-corrected chi connectivity index (χ3v) is 5.22. The van der Waals surface area contributed by atoms with Crippen LogP contribution in [0.15, 0.2) is 30.5 Å². The van der Waals surface area contributed by atoms with Gasteiger partial charge < -0.3 is 10.3 Å². The zero-order valence-electron chi connectivity index (χ0n) is 13.3. The summed E-state index contributed by atoms with van der Waals surface area (Å²) < 4.78 is 0. The average molecular weight is 325 g/mol. The van der Waals surface area contributed by atoms with E-state index in [0.717, 1.165) is 41.5 Å². The highest BCUT2D eigenvalue weighted by Crippen LogP contribution is 2.46. The first-order valence-corrected chi connectivity index (χ1v) is 8.30. The molecular weight excluding hydrogens is 306 g/mol. The quantitative estimate of drug-likeness (QED) is 0.850. The van der Waals surface area contributed by atoms with Gasteiger partial charge in [0.1, 0.15) is 6.54 Å². The summed E-state index contributed by atoms with van der Waals surface area (Å²) in [6.07, 6.45) is 5.55. The number of aromatic nitrogens is 1. The number of benzene rings is 1. The van der Waals surface area contributed by atoms with Gasteiger partial charge in [-0.1, -0.05) is 18.9 Å². The molecule has 2 aliphatic rings. The average Bonchev–Trinajstić information content (AvgIpc) is 3.25. The molecule has 6 nitrogen and oxygen atoms in total. The number of anilines is 1. The fourth-order valence-electron chi connectivity index (χ4n) is 3.99. The fourth-order valence-corrected chi connectivity index (χ4v) is 3.99. The van der Waals surface area contributed by atoms with Gasteiger partial charge in [0.25, 0.3) is 0 Å². The van der Waals surface area contributed by atoms with Gasteiger partial charge in [-0.05, 0) is 31.0 Å². The second-order valence-electron chi connectivity index (χ2n) is 6.74. The number of aromatic amines is 1. The molecule has 2 heterocycles. The van der Waals surface area contributed by atoms with Gasteiger partial charge in [-0.15, -0.1) is 0 Å². The largest absolute Gasteiger partial charge is 0.361 e. The molecule has 4 rings (SSSR count). The van der Waals surface area contributed by atoms with Crippen molar-refractivity contribution in [1.29, 1.82) is 0 Å². The van der Waals surface area contributed by atoms with Crippen molar-refractivity contribution >= 4 is 34.3 Å². The van der Waals surface area contributed by atoms with E-state index in [-0.39, 0.29) is 30.7 Å². The predicted octanol–water partition coefficient (Wildman–Crippen LogP) is 2.43. The Balaban J connectivity index is 1.49. The molecule has 1 saturated carbocycles. The van der Waals surface area contributed by atoms with Crippen LogP contribution in [-0.2, 0) is 14.4 Å². The normalized spacial score (nSPS) is 19.6. The molecule has 1 aromatic heterocycles. The zero-order valence-corrected chi connectivity index (χ0v) is 13.3. The van der Waals surface area contributed by atoms with Crippen LogP contribution >= 0.6 is 0 Å². The molecule has 2 N–H and O–H groups in total. The Morgan fingerprint density at radius 3 is 2.79 bits per heavy atom. The lowest BCUT2D eigenvalue weighted by molar-refractivity contribution is -0.143. The Hall–Kier alpha value is -2.63. The van der Waals surface area contributed by atoms with Gasteiger partial charge in [0.15, 0.2) is 0 Å². The van der Waals surface area contributed by atoms with Gasteiger partial charge in [0, 0.05) is 23.5 Å². The molecule has 1 saturated heterocycles. The Morgan fingerprint density at radius 1 is 1.21 bits per heavy atom. The molecule has 0 atom stereocenters. The van der Waals surface area contributed by atoms with E-state index in [9.17, 15) is 14.4 Å². The van der Waals surface area contributed by atoms with Crippen LogP contribution in [0.3, 0.4) is 0 Å². The van der Waals surface area contributed by atoms with E-state index in [1.54, 1.807) is 12.3 Å². The number of likely N-dealkylation sites (tertiary alicyclic amines) is 1. The van der Waals surface area contributed by atoms with E-state index < -0.39 is 5.41 Å². The number of hydrogen-bond donors (Lipinski definition) is 2. The summed E-state index contributed by atoms with van der Waals surface area (Å²) in [5.74, 6) is -0.739. The molecule has 0 unspecified atom stereocenters. The van der Waals surface area contributed by atoms with E-state index in [1.807, 2.05) is 18.2 Å². The topological polar surface area (TPSA) is 82.3 Å². The summed E-state index contributed by atoms with van der Waals surface area (Å²) in [7, 11) is 0. The first-order chi connectivity index (χ1) is 11.6. The third kappa shape index (κ3) is 2.29. The maximum Gasteiger partial charge on any atom is 0.244 e. The van der Waals surface area contributed by atoms with Crippen LogP contribution in [0.25, 0.3) is 10.9 Å². The fraction of sp³-hybridized carbons (Fsp3) is 0.389. The van der Waals surface area contributed by atoms with Crippen LogP contribution < -0.4 is 5.32 Å².